The van der Waals surface area contributed by atoms with E-state index in [9.17, 15) is 0 Å². The lowest BCUT2D eigenvalue weighted by Gasteiger charge is -2.05. The first-order chi connectivity index (χ1) is 9.31. The summed E-state index contributed by atoms with van der Waals surface area (Å²) in [6.07, 6.45) is 3.69. The lowest BCUT2D eigenvalue weighted by Crippen LogP contribution is -2.14. The minimum absolute atomic E-state index is 0.784. The topological polar surface area (TPSA) is 67.1 Å². The highest BCUT2D eigenvalue weighted by atomic mass is 32.1. The normalized spacial score (nSPS) is 10.8. The Morgan fingerprint density at radius 2 is 2.16 bits per heavy atom. The zero-order chi connectivity index (χ0) is 13.1. The number of rotatable bonds is 5. The van der Waals surface area contributed by atoms with Gasteiger partial charge in [0.25, 0.3) is 0 Å². The molecule has 3 aromatic rings. The summed E-state index contributed by atoms with van der Waals surface area (Å²) in [6.45, 7) is 3.54. The van der Waals surface area contributed by atoms with E-state index in [0.29, 0.717) is 0 Å². The Morgan fingerprint density at radius 1 is 1.26 bits per heavy atom. The van der Waals surface area contributed by atoms with Gasteiger partial charge >= 0.3 is 0 Å². The van der Waals surface area contributed by atoms with Crippen molar-refractivity contribution in [2.75, 3.05) is 23.7 Å². The minimum atomic E-state index is 0.784. The zero-order valence-electron chi connectivity index (χ0n) is 10.5. The van der Waals surface area contributed by atoms with Crippen molar-refractivity contribution in [3.8, 4) is 0 Å². The predicted octanol–water partition coefficient (Wildman–Crippen LogP) is 2.02. The van der Waals surface area contributed by atoms with E-state index in [1.165, 1.54) is 0 Å². The second-order valence-corrected chi connectivity index (χ2v) is 5.04. The molecule has 0 amide bonds. The van der Waals surface area contributed by atoms with Crippen molar-refractivity contribution in [3.63, 3.8) is 0 Å². The molecule has 0 fully saturated rings. The predicted molar refractivity (Wildman–Crippen MR) is 76.8 cm³/mol. The van der Waals surface area contributed by atoms with Gasteiger partial charge in [-0.3, -0.25) is 0 Å². The van der Waals surface area contributed by atoms with Crippen LogP contribution in [-0.4, -0.2) is 32.7 Å². The number of hydrogen-bond acceptors (Lipinski definition) is 6. The van der Waals surface area contributed by atoms with E-state index < -0.39 is 0 Å². The summed E-state index contributed by atoms with van der Waals surface area (Å²) in [5.41, 5.74) is 0.988. The lowest BCUT2D eigenvalue weighted by molar-refractivity contribution is 0.956. The molecule has 0 aromatic carbocycles. The van der Waals surface area contributed by atoms with Crippen LogP contribution in [0.3, 0.4) is 0 Å². The molecule has 0 spiro atoms. The zero-order valence-corrected chi connectivity index (χ0v) is 11.3. The molecule has 3 heterocycles. The van der Waals surface area contributed by atoms with Gasteiger partial charge < -0.3 is 10.6 Å². The summed E-state index contributed by atoms with van der Waals surface area (Å²) in [5, 5.41) is 11.8. The van der Waals surface area contributed by atoms with Crippen LogP contribution in [0.15, 0.2) is 30.6 Å². The summed E-state index contributed by atoms with van der Waals surface area (Å²) in [6, 6.07) is 5.80. The quantitative estimate of drug-likeness (QED) is 0.697. The van der Waals surface area contributed by atoms with E-state index in [1.807, 2.05) is 31.3 Å². The summed E-state index contributed by atoms with van der Waals surface area (Å²) in [5.74, 6) is 0.883. The Labute approximate surface area is 114 Å². The molecule has 3 aromatic heterocycles. The highest BCUT2D eigenvalue weighted by molar-refractivity contribution is 7.20. The van der Waals surface area contributed by atoms with Gasteiger partial charge in [0.1, 0.15) is 5.82 Å². The monoisotopic (exact) mass is 274 g/mol. The number of imidazole rings is 1. The summed E-state index contributed by atoms with van der Waals surface area (Å²) < 4.78 is 1.80. The maximum absolute atomic E-state index is 4.40. The highest BCUT2D eigenvalue weighted by Gasteiger charge is 2.04. The molecule has 98 valence electrons. The Bertz CT molecular complexity index is 628. The molecule has 0 bridgehead atoms. The van der Waals surface area contributed by atoms with Gasteiger partial charge in [-0.15, -0.1) is 5.10 Å². The van der Waals surface area contributed by atoms with Crippen LogP contribution >= 0.6 is 11.3 Å². The summed E-state index contributed by atoms with van der Waals surface area (Å²) >= 11 is 1.55. The van der Waals surface area contributed by atoms with Crippen LogP contribution in [-0.2, 0) is 0 Å². The second-order valence-electron chi connectivity index (χ2n) is 4.09. The van der Waals surface area contributed by atoms with Crippen molar-refractivity contribution in [3.05, 3.63) is 36.3 Å². The van der Waals surface area contributed by atoms with Crippen LogP contribution in [0, 0.1) is 6.92 Å². The van der Waals surface area contributed by atoms with Crippen LogP contribution < -0.4 is 10.6 Å². The fraction of sp³-hybridized carbons (Fsp3) is 0.250. The third-order valence-electron chi connectivity index (χ3n) is 2.54. The highest BCUT2D eigenvalue weighted by Crippen LogP contribution is 2.18. The summed E-state index contributed by atoms with van der Waals surface area (Å²) in [7, 11) is 0. The third kappa shape index (κ3) is 2.82. The molecule has 0 saturated heterocycles. The van der Waals surface area contributed by atoms with Crippen LogP contribution in [0.2, 0.25) is 0 Å². The molecular formula is C12H14N6S. The number of anilines is 2. The molecule has 0 aliphatic carbocycles. The van der Waals surface area contributed by atoms with E-state index >= 15 is 0 Å². The van der Waals surface area contributed by atoms with Gasteiger partial charge in [-0.25, -0.2) is 14.5 Å². The van der Waals surface area contributed by atoms with Gasteiger partial charge in [0.05, 0.1) is 11.9 Å². The summed E-state index contributed by atoms with van der Waals surface area (Å²) in [4.78, 5) is 9.47. The van der Waals surface area contributed by atoms with E-state index in [2.05, 4.69) is 25.7 Å². The standard InChI is InChI=1S/C12H14N6S/c1-9-8-18-12(16-9)19-11(17-18)15-7-6-14-10-4-2-3-5-13-10/h2-5,8H,6-7H2,1H3,(H,13,14)(H,15,17). The number of nitrogens with one attached hydrogen (secondary N) is 2. The number of nitrogens with zero attached hydrogens (tertiary/aromatic N) is 4. The molecule has 0 atom stereocenters. The smallest absolute Gasteiger partial charge is 0.214 e. The number of hydrogen-bond donors (Lipinski definition) is 2. The Kier molecular flexibility index (Phi) is 3.28. The van der Waals surface area contributed by atoms with Crippen LogP contribution in [0.1, 0.15) is 5.69 Å². The van der Waals surface area contributed by atoms with Gasteiger partial charge in [-0.2, -0.15) is 0 Å². The first kappa shape index (κ1) is 11.9. The molecule has 0 aliphatic rings. The third-order valence-corrected chi connectivity index (χ3v) is 3.42. The van der Waals surface area contributed by atoms with E-state index in [0.717, 1.165) is 34.7 Å². The number of fused-ring (bicyclic) bond motifs is 1. The Hall–Kier alpha value is -2.15. The number of pyridine rings is 1. The minimum Gasteiger partial charge on any atom is -0.368 e. The second kappa shape index (κ2) is 5.23. The van der Waals surface area contributed by atoms with Crippen LogP contribution in [0.25, 0.3) is 4.96 Å². The molecule has 3 rings (SSSR count). The lowest BCUT2D eigenvalue weighted by atomic mass is 10.4. The largest absolute Gasteiger partial charge is 0.368 e. The average molecular weight is 274 g/mol. The van der Waals surface area contributed by atoms with Crippen LogP contribution in [0.5, 0.6) is 0 Å². The molecule has 0 unspecified atom stereocenters. The molecule has 19 heavy (non-hydrogen) atoms. The van der Waals surface area contributed by atoms with Gasteiger partial charge in [0, 0.05) is 19.3 Å². The molecule has 0 saturated carbocycles. The van der Waals surface area contributed by atoms with Crippen molar-refractivity contribution in [1.82, 2.24) is 19.6 Å². The number of aryl methyl sites for hydroxylation is 1. The fourth-order valence-corrected chi connectivity index (χ4v) is 2.56. The molecule has 0 radical (unpaired) electrons. The maximum Gasteiger partial charge on any atom is 0.214 e. The van der Waals surface area contributed by atoms with Gasteiger partial charge in [-0.05, 0) is 19.1 Å². The van der Waals surface area contributed by atoms with Crippen molar-refractivity contribution < 1.29 is 0 Å². The Balaban J connectivity index is 1.50. The van der Waals surface area contributed by atoms with Crippen molar-refractivity contribution in [2.24, 2.45) is 0 Å². The molecule has 0 aliphatic heterocycles. The number of aromatic nitrogens is 4. The molecular weight excluding hydrogens is 260 g/mol. The molecule has 6 nitrogen and oxygen atoms in total. The van der Waals surface area contributed by atoms with E-state index in [4.69, 9.17) is 0 Å². The van der Waals surface area contributed by atoms with Crippen molar-refractivity contribution >= 4 is 27.2 Å². The first-order valence-electron chi connectivity index (χ1n) is 6.03. The maximum atomic E-state index is 4.40. The SMILES string of the molecule is Cc1cn2nc(NCCNc3ccccn3)sc2n1. The van der Waals surface area contributed by atoms with Gasteiger partial charge in [0.15, 0.2) is 0 Å². The van der Waals surface area contributed by atoms with E-state index in [1.54, 1.807) is 22.0 Å². The van der Waals surface area contributed by atoms with Crippen molar-refractivity contribution in [1.29, 1.82) is 0 Å². The van der Waals surface area contributed by atoms with Gasteiger partial charge in [-0.1, -0.05) is 17.4 Å². The molecule has 2 N–H and O–H groups in total. The Morgan fingerprint density at radius 3 is 2.95 bits per heavy atom. The first-order valence-corrected chi connectivity index (χ1v) is 6.84. The van der Waals surface area contributed by atoms with Crippen molar-refractivity contribution in [2.45, 2.75) is 6.92 Å². The average Bonchev–Trinajstić information content (AvgIpc) is 2.93. The van der Waals surface area contributed by atoms with Crippen LogP contribution in [0.4, 0.5) is 10.9 Å². The molecule has 7 heteroatoms. The van der Waals surface area contributed by atoms with Gasteiger partial charge in [0.2, 0.25) is 10.1 Å². The van der Waals surface area contributed by atoms with E-state index in [-0.39, 0.29) is 0 Å². The fourth-order valence-electron chi connectivity index (χ4n) is 1.71.